The fourth-order valence-corrected chi connectivity index (χ4v) is 5.93. The van der Waals surface area contributed by atoms with E-state index in [1.807, 2.05) is 13.8 Å². The van der Waals surface area contributed by atoms with Crippen LogP contribution in [-0.4, -0.2) is 43.5 Å². The third-order valence-electron chi connectivity index (χ3n) is 5.60. The number of anilines is 1. The first-order valence-electron chi connectivity index (χ1n) is 10.1. The first-order chi connectivity index (χ1) is 14.7. The molecule has 9 heteroatoms. The molecule has 1 saturated heterocycles. The van der Waals surface area contributed by atoms with Gasteiger partial charge in [-0.15, -0.1) is 0 Å². The molecule has 0 saturated carbocycles. The molecule has 0 bridgehead atoms. The zero-order valence-corrected chi connectivity index (χ0v) is 18.0. The van der Waals surface area contributed by atoms with E-state index in [9.17, 15) is 22.8 Å². The number of sulfonamides is 1. The molecule has 162 valence electrons. The van der Waals surface area contributed by atoms with Crippen molar-refractivity contribution in [3.8, 4) is 0 Å². The molecule has 1 fully saturated rings. The van der Waals surface area contributed by atoms with Crippen LogP contribution >= 0.6 is 0 Å². The molecule has 2 aromatic carbocycles. The van der Waals surface area contributed by atoms with Crippen LogP contribution in [0.3, 0.4) is 0 Å². The minimum absolute atomic E-state index is 0.119. The van der Waals surface area contributed by atoms with Gasteiger partial charge in [-0.2, -0.15) is 4.31 Å². The summed E-state index contributed by atoms with van der Waals surface area (Å²) in [6, 6.07) is 10.3. The van der Waals surface area contributed by atoms with Crippen molar-refractivity contribution in [1.29, 1.82) is 0 Å². The van der Waals surface area contributed by atoms with E-state index >= 15 is 0 Å². The molecule has 2 aliphatic heterocycles. The van der Waals surface area contributed by atoms with Crippen LogP contribution in [-0.2, 0) is 10.0 Å². The lowest BCUT2D eigenvalue weighted by atomic mass is 9.94. The molecule has 4 rings (SSSR count). The van der Waals surface area contributed by atoms with Crippen LogP contribution in [0.4, 0.5) is 5.69 Å². The Kier molecular flexibility index (Phi) is 5.40. The molecule has 2 heterocycles. The first-order valence-corrected chi connectivity index (χ1v) is 11.5. The second-order valence-corrected chi connectivity index (χ2v) is 10.2. The van der Waals surface area contributed by atoms with Crippen molar-refractivity contribution in [2.24, 2.45) is 11.8 Å². The van der Waals surface area contributed by atoms with Gasteiger partial charge >= 0.3 is 0 Å². The summed E-state index contributed by atoms with van der Waals surface area (Å²) in [5.74, 6) is -1.00. The third-order valence-corrected chi connectivity index (χ3v) is 7.45. The molecule has 0 aliphatic carbocycles. The predicted octanol–water partition coefficient (Wildman–Crippen LogP) is 2.49. The van der Waals surface area contributed by atoms with Crippen molar-refractivity contribution in [2.75, 3.05) is 18.4 Å². The van der Waals surface area contributed by atoms with E-state index in [1.165, 1.54) is 40.7 Å². The second-order valence-electron chi connectivity index (χ2n) is 8.26. The number of fused-ring (bicyclic) bond motifs is 1. The molecule has 8 nitrogen and oxygen atoms in total. The molecule has 0 unspecified atom stereocenters. The molecule has 0 spiro atoms. The smallest absolute Gasteiger partial charge is 0.261 e. The van der Waals surface area contributed by atoms with Crippen LogP contribution in [0.2, 0.25) is 0 Å². The summed E-state index contributed by atoms with van der Waals surface area (Å²) in [7, 11) is -3.64. The van der Waals surface area contributed by atoms with E-state index < -0.39 is 27.7 Å². The number of hydrogen-bond acceptors (Lipinski definition) is 5. The number of carbonyl (C=O) groups is 3. The highest BCUT2D eigenvalue weighted by Crippen LogP contribution is 2.28. The number of hydrogen-bond donors (Lipinski definition) is 2. The lowest BCUT2D eigenvalue weighted by Gasteiger charge is -2.34. The van der Waals surface area contributed by atoms with Crippen molar-refractivity contribution < 1.29 is 22.8 Å². The Bertz CT molecular complexity index is 1160. The van der Waals surface area contributed by atoms with Crippen molar-refractivity contribution in [1.82, 2.24) is 9.62 Å². The van der Waals surface area contributed by atoms with Gasteiger partial charge in [-0.05, 0) is 54.7 Å². The summed E-state index contributed by atoms with van der Waals surface area (Å²) in [6.45, 7) is 5.04. The molecule has 2 aromatic rings. The number of amides is 3. The highest BCUT2D eigenvalue weighted by atomic mass is 32.2. The van der Waals surface area contributed by atoms with Crippen LogP contribution in [0.25, 0.3) is 0 Å². The van der Waals surface area contributed by atoms with E-state index in [0.29, 0.717) is 24.9 Å². The van der Waals surface area contributed by atoms with Crippen LogP contribution in [0.1, 0.15) is 51.3 Å². The van der Waals surface area contributed by atoms with Gasteiger partial charge in [0.1, 0.15) is 0 Å². The van der Waals surface area contributed by atoms with E-state index in [0.717, 1.165) is 6.42 Å². The maximum atomic E-state index is 13.0. The van der Waals surface area contributed by atoms with Crippen LogP contribution in [0.5, 0.6) is 0 Å². The lowest BCUT2D eigenvalue weighted by Crippen LogP contribution is -2.42. The monoisotopic (exact) mass is 441 g/mol. The Morgan fingerprint density at radius 2 is 1.65 bits per heavy atom. The molecule has 3 amide bonds. The number of benzene rings is 2. The maximum Gasteiger partial charge on any atom is 0.261 e. The standard InChI is InChI=1S/C22H23N3O5S/c1-13-10-14(2)12-25(11-13)31(29,30)16-8-6-15(7-9-16)20(26)23-18-5-3-4-17-19(18)22(28)24-21(17)27/h3-9,13-14H,10-12H2,1-2H3,(H,23,26)(H,24,27,28)/t13-,14+. The summed E-state index contributed by atoms with van der Waals surface area (Å²) in [4.78, 5) is 36.6. The van der Waals surface area contributed by atoms with E-state index in [4.69, 9.17) is 0 Å². The van der Waals surface area contributed by atoms with Crippen LogP contribution in [0.15, 0.2) is 47.4 Å². The van der Waals surface area contributed by atoms with Crippen molar-refractivity contribution >= 4 is 33.4 Å². The number of imide groups is 1. The van der Waals surface area contributed by atoms with Crippen molar-refractivity contribution in [3.63, 3.8) is 0 Å². The van der Waals surface area contributed by atoms with Gasteiger partial charge in [0, 0.05) is 18.7 Å². The molecule has 2 N–H and O–H groups in total. The summed E-state index contributed by atoms with van der Waals surface area (Å²) in [6.07, 6.45) is 0.998. The maximum absolute atomic E-state index is 13.0. The summed E-state index contributed by atoms with van der Waals surface area (Å²) in [5, 5.41) is 4.83. The largest absolute Gasteiger partial charge is 0.321 e. The Balaban J connectivity index is 1.53. The number of piperidine rings is 1. The summed E-state index contributed by atoms with van der Waals surface area (Å²) < 4.78 is 27.5. The zero-order valence-electron chi connectivity index (χ0n) is 17.2. The summed E-state index contributed by atoms with van der Waals surface area (Å²) in [5.41, 5.74) is 0.781. The lowest BCUT2D eigenvalue weighted by molar-refractivity contribution is 0.0879. The van der Waals surface area contributed by atoms with Gasteiger partial charge in [0.15, 0.2) is 0 Å². The Hall–Kier alpha value is -3.04. The highest BCUT2D eigenvalue weighted by molar-refractivity contribution is 7.89. The number of carbonyl (C=O) groups excluding carboxylic acids is 3. The first kappa shape index (κ1) is 21.2. The van der Waals surface area contributed by atoms with Gasteiger partial charge in [-0.1, -0.05) is 19.9 Å². The second kappa shape index (κ2) is 7.90. The van der Waals surface area contributed by atoms with Gasteiger partial charge < -0.3 is 5.32 Å². The number of rotatable bonds is 4. The highest BCUT2D eigenvalue weighted by Gasteiger charge is 2.32. The quantitative estimate of drug-likeness (QED) is 0.708. The molecular weight excluding hydrogens is 418 g/mol. The van der Waals surface area contributed by atoms with Gasteiger partial charge in [0.25, 0.3) is 17.7 Å². The third kappa shape index (κ3) is 3.98. The molecule has 0 radical (unpaired) electrons. The Morgan fingerprint density at radius 1 is 1.00 bits per heavy atom. The molecule has 2 atom stereocenters. The fraction of sp³-hybridized carbons (Fsp3) is 0.318. The average molecular weight is 442 g/mol. The fourth-order valence-electron chi connectivity index (χ4n) is 4.25. The topological polar surface area (TPSA) is 113 Å². The molecule has 2 aliphatic rings. The van der Waals surface area contributed by atoms with Gasteiger partial charge in [0.05, 0.1) is 21.7 Å². The Morgan fingerprint density at radius 3 is 2.29 bits per heavy atom. The Labute approximate surface area is 180 Å². The summed E-state index contributed by atoms with van der Waals surface area (Å²) >= 11 is 0. The van der Waals surface area contributed by atoms with Crippen molar-refractivity contribution in [2.45, 2.75) is 25.2 Å². The van der Waals surface area contributed by atoms with E-state index in [2.05, 4.69) is 10.6 Å². The number of nitrogens with zero attached hydrogens (tertiary/aromatic N) is 1. The normalized spacial score (nSPS) is 21.5. The molecule has 31 heavy (non-hydrogen) atoms. The minimum Gasteiger partial charge on any atom is -0.321 e. The molecular formula is C22H23N3O5S. The van der Waals surface area contributed by atoms with Crippen LogP contribution < -0.4 is 10.6 Å². The molecule has 0 aromatic heterocycles. The SMILES string of the molecule is C[C@@H]1C[C@H](C)CN(S(=O)(=O)c2ccc(C(=O)Nc3cccc4c3C(=O)NC4=O)cc2)C1. The zero-order chi connectivity index (χ0) is 22.3. The van der Waals surface area contributed by atoms with Gasteiger partial charge in [-0.3, -0.25) is 19.7 Å². The van der Waals surface area contributed by atoms with E-state index in [-0.39, 0.29) is 27.3 Å². The predicted molar refractivity (Wildman–Crippen MR) is 114 cm³/mol. The van der Waals surface area contributed by atoms with Gasteiger partial charge in [-0.25, -0.2) is 8.42 Å². The van der Waals surface area contributed by atoms with Crippen molar-refractivity contribution in [3.05, 3.63) is 59.2 Å². The van der Waals surface area contributed by atoms with E-state index in [1.54, 1.807) is 6.07 Å². The minimum atomic E-state index is -3.64. The average Bonchev–Trinajstić information content (AvgIpc) is 3.02. The van der Waals surface area contributed by atoms with Crippen LogP contribution in [0, 0.1) is 11.8 Å². The van der Waals surface area contributed by atoms with Gasteiger partial charge in [0.2, 0.25) is 10.0 Å². The number of nitrogens with one attached hydrogen (secondary N) is 2.